The predicted octanol–water partition coefficient (Wildman–Crippen LogP) is 3.42. The minimum atomic E-state index is -0.233. The average Bonchev–Trinajstić information content (AvgIpc) is 2.66. The summed E-state index contributed by atoms with van der Waals surface area (Å²) in [6.07, 6.45) is 6.00. The van der Waals surface area contributed by atoms with Crippen LogP contribution in [0.2, 0.25) is 0 Å². The minimum Gasteiger partial charge on any atom is -0.504 e. The third kappa shape index (κ3) is 4.57. The summed E-state index contributed by atoms with van der Waals surface area (Å²) < 4.78 is 15.2. The lowest BCUT2D eigenvalue weighted by molar-refractivity contribution is -0.110. The van der Waals surface area contributed by atoms with Crippen molar-refractivity contribution in [2.75, 3.05) is 21.3 Å². The maximum atomic E-state index is 12.0. The van der Waals surface area contributed by atoms with Crippen molar-refractivity contribution in [1.29, 1.82) is 0 Å². The second-order valence-corrected chi connectivity index (χ2v) is 5.27. The van der Waals surface area contributed by atoms with Gasteiger partial charge in [0, 0.05) is 0 Å². The first kappa shape index (κ1) is 18.9. The average molecular weight is 356 g/mol. The number of phenols is 2. The third-order valence-corrected chi connectivity index (χ3v) is 3.59. The Morgan fingerprint density at radius 1 is 0.808 bits per heavy atom. The predicted molar refractivity (Wildman–Crippen MR) is 98.9 cm³/mol. The molecule has 0 saturated heterocycles. The SMILES string of the molecule is COc1cc(/C=C/C(=O)/C=C/c2cc(OC)c(O)c(OC)c2)ccc1O. The number of aromatic hydroxyl groups is 2. The Bertz CT molecular complexity index is 826. The van der Waals surface area contributed by atoms with Crippen LogP contribution in [0.15, 0.2) is 42.5 Å². The Kier molecular flexibility index (Phi) is 6.27. The standard InChI is InChI=1S/C20H20O6/c1-24-17-10-13(6-9-16(17)22)4-7-15(21)8-5-14-11-18(25-2)20(23)19(12-14)26-3/h4-12,22-23H,1-3H3/b7-4+,8-5+. The molecule has 0 unspecified atom stereocenters. The molecular weight excluding hydrogens is 336 g/mol. The second kappa shape index (κ2) is 8.62. The molecule has 0 saturated carbocycles. The van der Waals surface area contributed by atoms with Gasteiger partial charge in [0.1, 0.15) is 0 Å². The van der Waals surface area contributed by atoms with Gasteiger partial charge in [0.25, 0.3) is 0 Å². The van der Waals surface area contributed by atoms with Gasteiger partial charge in [0.2, 0.25) is 5.75 Å². The highest BCUT2D eigenvalue weighted by molar-refractivity contribution is 6.04. The van der Waals surface area contributed by atoms with Crippen LogP contribution in [0.1, 0.15) is 11.1 Å². The molecule has 136 valence electrons. The van der Waals surface area contributed by atoms with E-state index in [1.54, 1.807) is 36.4 Å². The molecule has 6 nitrogen and oxygen atoms in total. The van der Waals surface area contributed by atoms with Crippen LogP contribution in [0.25, 0.3) is 12.2 Å². The smallest absolute Gasteiger partial charge is 0.200 e. The van der Waals surface area contributed by atoms with Crippen LogP contribution in [0.4, 0.5) is 0 Å². The first-order valence-electron chi connectivity index (χ1n) is 7.70. The van der Waals surface area contributed by atoms with E-state index < -0.39 is 0 Å². The summed E-state index contributed by atoms with van der Waals surface area (Å²) in [4.78, 5) is 12.0. The molecule has 0 spiro atoms. The zero-order valence-electron chi connectivity index (χ0n) is 14.7. The van der Waals surface area contributed by atoms with E-state index >= 15 is 0 Å². The largest absolute Gasteiger partial charge is 0.504 e. The van der Waals surface area contributed by atoms with Crippen LogP contribution in [0, 0.1) is 0 Å². The summed E-state index contributed by atoms with van der Waals surface area (Å²) in [6, 6.07) is 7.97. The van der Waals surface area contributed by atoms with Crippen molar-refractivity contribution in [3.05, 3.63) is 53.6 Å². The maximum absolute atomic E-state index is 12.0. The number of hydrogen-bond donors (Lipinski definition) is 2. The van der Waals surface area contributed by atoms with Crippen LogP contribution in [0.3, 0.4) is 0 Å². The number of phenolic OH excluding ortho intramolecular Hbond substituents is 2. The van der Waals surface area contributed by atoms with Gasteiger partial charge in [-0.3, -0.25) is 4.79 Å². The number of methoxy groups -OCH3 is 3. The second-order valence-electron chi connectivity index (χ2n) is 5.27. The van der Waals surface area contributed by atoms with Crippen LogP contribution in [0.5, 0.6) is 28.7 Å². The lowest BCUT2D eigenvalue weighted by atomic mass is 10.1. The third-order valence-electron chi connectivity index (χ3n) is 3.59. The lowest BCUT2D eigenvalue weighted by Crippen LogP contribution is -1.91. The van der Waals surface area contributed by atoms with E-state index in [1.165, 1.54) is 39.5 Å². The normalized spacial score (nSPS) is 11.0. The topological polar surface area (TPSA) is 85.2 Å². The molecular formula is C20H20O6. The van der Waals surface area contributed by atoms with E-state index in [2.05, 4.69) is 0 Å². The maximum Gasteiger partial charge on any atom is 0.200 e. The molecule has 0 heterocycles. The summed E-state index contributed by atoms with van der Waals surface area (Å²) in [5, 5.41) is 19.4. The Balaban J connectivity index is 2.14. The number of ketones is 1. The molecule has 0 fully saturated rings. The molecule has 0 aliphatic carbocycles. The summed E-state index contributed by atoms with van der Waals surface area (Å²) in [6.45, 7) is 0. The zero-order valence-corrected chi connectivity index (χ0v) is 14.7. The van der Waals surface area contributed by atoms with Crippen molar-refractivity contribution in [3.8, 4) is 28.7 Å². The number of ether oxygens (including phenoxy) is 3. The van der Waals surface area contributed by atoms with E-state index in [4.69, 9.17) is 14.2 Å². The van der Waals surface area contributed by atoms with Crippen LogP contribution in [-0.4, -0.2) is 37.3 Å². The van der Waals surface area contributed by atoms with Gasteiger partial charge in [0.15, 0.2) is 28.8 Å². The van der Waals surface area contributed by atoms with Gasteiger partial charge in [-0.2, -0.15) is 0 Å². The van der Waals surface area contributed by atoms with Gasteiger partial charge in [-0.05, 0) is 47.5 Å². The van der Waals surface area contributed by atoms with Gasteiger partial charge >= 0.3 is 0 Å². The van der Waals surface area contributed by atoms with Gasteiger partial charge < -0.3 is 24.4 Å². The monoisotopic (exact) mass is 356 g/mol. The molecule has 2 N–H and O–H groups in total. The fourth-order valence-electron chi connectivity index (χ4n) is 2.22. The summed E-state index contributed by atoms with van der Waals surface area (Å²) in [5.74, 6) is 0.540. The van der Waals surface area contributed by atoms with Gasteiger partial charge in [0.05, 0.1) is 21.3 Å². The fourth-order valence-corrected chi connectivity index (χ4v) is 2.22. The first-order valence-corrected chi connectivity index (χ1v) is 7.70. The molecule has 6 heteroatoms. The molecule has 0 aliphatic heterocycles. The van der Waals surface area contributed by atoms with Crippen LogP contribution in [-0.2, 0) is 4.79 Å². The first-order chi connectivity index (χ1) is 12.5. The minimum absolute atomic E-state index is 0.0334. The highest BCUT2D eigenvalue weighted by Gasteiger charge is 2.10. The Hall–Kier alpha value is -3.41. The van der Waals surface area contributed by atoms with Crippen LogP contribution >= 0.6 is 0 Å². The van der Waals surface area contributed by atoms with Crippen molar-refractivity contribution in [1.82, 2.24) is 0 Å². The molecule has 0 aliphatic rings. The van der Waals surface area contributed by atoms with Crippen molar-refractivity contribution in [3.63, 3.8) is 0 Å². The Morgan fingerprint density at radius 2 is 1.31 bits per heavy atom. The molecule has 0 amide bonds. The molecule has 0 aromatic heterocycles. The van der Waals surface area contributed by atoms with Gasteiger partial charge in [-0.15, -0.1) is 0 Å². The Labute approximate surface area is 151 Å². The summed E-state index contributed by atoms with van der Waals surface area (Å²) >= 11 is 0. The number of carbonyl (C=O) groups is 1. The van der Waals surface area contributed by atoms with Crippen molar-refractivity contribution >= 4 is 17.9 Å². The fraction of sp³-hybridized carbons (Fsp3) is 0.150. The Morgan fingerprint density at radius 3 is 1.85 bits per heavy atom. The van der Waals surface area contributed by atoms with E-state index in [0.29, 0.717) is 11.3 Å². The van der Waals surface area contributed by atoms with Gasteiger partial charge in [-0.25, -0.2) is 0 Å². The highest BCUT2D eigenvalue weighted by atomic mass is 16.5. The number of carbonyl (C=O) groups excluding carboxylic acids is 1. The van der Waals surface area contributed by atoms with Crippen molar-refractivity contribution < 1.29 is 29.2 Å². The number of rotatable bonds is 7. The highest BCUT2D eigenvalue weighted by Crippen LogP contribution is 2.37. The quantitative estimate of drug-likeness (QED) is 0.740. The number of allylic oxidation sites excluding steroid dienone is 2. The summed E-state index contributed by atoms with van der Waals surface area (Å²) in [7, 11) is 4.32. The van der Waals surface area contributed by atoms with E-state index in [-0.39, 0.29) is 28.8 Å². The van der Waals surface area contributed by atoms with Gasteiger partial charge in [-0.1, -0.05) is 18.2 Å². The summed E-state index contributed by atoms with van der Waals surface area (Å²) in [5.41, 5.74) is 1.36. The van der Waals surface area contributed by atoms with Crippen molar-refractivity contribution in [2.45, 2.75) is 0 Å². The molecule has 2 rings (SSSR count). The van der Waals surface area contributed by atoms with E-state index in [0.717, 1.165) is 5.56 Å². The number of benzene rings is 2. The molecule has 0 bridgehead atoms. The molecule has 2 aromatic rings. The molecule has 26 heavy (non-hydrogen) atoms. The molecule has 0 radical (unpaired) electrons. The van der Waals surface area contributed by atoms with Crippen LogP contribution < -0.4 is 14.2 Å². The van der Waals surface area contributed by atoms with E-state index in [9.17, 15) is 15.0 Å². The molecule has 2 aromatic carbocycles. The van der Waals surface area contributed by atoms with Crippen molar-refractivity contribution in [2.24, 2.45) is 0 Å². The lowest BCUT2D eigenvalue weighted by Gasteiger charge is -2.09. The van der Waals surface area contributed by atoms with E-state index in [1.807, 2.05) is 0 Å². The molecule has 0 atom stereocenters. The zero-order chi connectivity index (χ0) is 19.1. The number of hydrogen-bond acceptors (Lipinski definition) is 6.